The number of hydrogen-bond donors (Lipinski definition) is 1. The van der Waals surface area contributed by atoms with Gasteiger partial charge in [-0.25, -0.2) is 9.97 Å². The van der Waals surface area contributed by atoms with Crippen molar-refractivity contribution in [1.82, 2.24) is 24.4 Å². The third-order valence-corrected chi connectivity index (χ3v) is 9.74. The van der Waals surface area contributed by atoms with E-state index >= 15 is 0 Å². The molecule has 1 aliphatic heterocycles. The van der Waals surface area contributed by atoms with Crippen molar-refractivity contribution in [3.63, 3.8) is 0 Å². The first-order valence-corrected chi connectivity index (χ1v) is 17.0. The van der Waals surface area contributed by atoms with Crippen LogP contribution in [0.3, 0.4) is 0 Å². The van der Waals surface area contributed by atoms with Crippen LogP contribution in [0.25, 0.3) is 77.6 Å². The van der Waals surface area contributed by atoms with E-state index in [1.807, 2.05) is 12.1 Å². The summed E-state index contributed by atoms with van der Waals surface area (Å²) in [7, 11) is 0. The highest BCUT2D eigenvalue weighted by Gasteiger charge is 2.23. The molecular weight excluding hydrogens is 611 g/mol. The Morgan fingerprint density at radius 3 is 1.56 bits per heavy atom. The summed E-state index contributed by atoms with van der Waals surface area (Å²) >= 11 is 0. The molecule has 6 aromatic carbocycles. The van der Waals surface area contributed by atoms with Gasteiger partial charge in [-0.3, -0.25) is 4.57 Å². The fraction of sp³-hybridized carbons (Fsp3) is 0.0222. The number of allylic oxidation sites excluding steroid dienone is 2. The topological polar surface area (TPSA) is 47.7 Å². The van der Waals surface area contributed by atoms with Gasteiger partial charge in [0, 0.05) is 38.4 Å². The molecule has 3 aromatic heterocycles. The van der Waals surface area contributed by atoms with Crippen LogP contribution >= 0.6 is 0 Å². The van der Waals surface area contributed by atoms with Gasteiger partial charge in [0.25, 0.3) is 0 Å². The SMILES string of the molecule is C1=CC(c2nc(-c3ccccc3)cc(-c3ccccc3)n2)NC(n2c3ccccc3c3cc4c(cc32)c2ccccc2n4-c2ccccc2)=C1. The molecule has 5 heteroatoms. The van der Waals surface area contributed by atoms with E-state index in [2.05, 4.69) is 178 Å². The predicted molar refractivity (Wildman–Crippen MR) is 206 cm³/mol. The van der Waals surface area contributed by atoms with E-state index in [0.29, 0.717) is 0 Å². The molecule has 0 saturated heterocycles. The molecule has 1 unspecified atom stereocenters. The van der Waals surface area contributed by atoms with E-state index in [9.17, 15) is 0 Å². The van der Waals surface area contributed by atoms with Crippen molar-refractivity contribution in [2.45, 2.75) is 6.04 Å². The van der Waals surface area contributed by atoms with Crippen LogP contribution in [0.4, 0.5) is 0 Å². The molecular formula is C45H31N5. The van der Waals surface area contributed by atoms with Crippen molar-refractivity contribution in [1.29, 1.82) is 0 Å². The van der Waals surface area contributed by atoms with E-state index in [1.165, 1.54) is 32.6 Å². The fourth-order valence-corrected chi connectivity index (χ4v) is 7.47. The van der Waals surface area contributed by atoms with Gasteiger partial charge < -0.3 is 9.88 Å². The first kappa shape index (κ1) is 28.3. The van der Waals surface area contributed by atoms with Crippen LogP contribution in [0, 0.1) is 0 Å². The smallest absolute Gasteiger partial charge is 0.155 e. The van der Waals surface area contributed by atoms with Crippen molar-refractivity contribution in [3.05, 3.63) is 182 Å². The first-order chi connectivity index (χ1) is 24.8. The molecule has 236 valence electrons. The van der Waals surface area contributed by atoms with Crippen LogP contribution < -0.4 is 5.32 Å². The monoisotopic (exact) mass is 641 g/mol. The van der Waals surface area contributed by atoms with Crippen LogP contribution in [-0.2, 0) is 0 Å². The molecule has 4 heterocycles. The van der Waals surface area contributed by atoms with Gasteiger partial charge in [-0.15, -0.1) is 0 Å². The minimum absolute atomic E-state index is 0.235. The lowest BCUT2D eigenvalue weighted by Crippen LogP contribution is -2.25. The molecule has 5 nitrogen and oxygen atoms in total. The Bertz CT molecular complexity index is 2720. The second-order valence-electron chi connectivity index (χ2n) is 12.7. The van der Waals surface area contributed by atoms with E-state index in [1.54, 1.807) is 0 Å². The average molecular weight is 642 g/mol. The van der Waals surface area contributed by atoms with Crippen molar-refractivity contribution in [2.24, 2.45) is 0 Å². The Hall–Kier alpha value is -6.72. The predicted octanol–water partition coefficient (Wildman–Crippen LogP) is 10.7. The number of rotatable bonds is 5. The maximum Gasteiger partial charge on any atom is 0.155 e. The van der Waals surface area contributed by atoms with E-state index < -0.39 is 0 Å². The highest BCUT2D eigenvalue weighted by Crippen LogP contribution is 2.40. The fourth-order valence-electron chi connectivity index (χ4n) is 7.47. The number of fused-ring (bicyclic) bond motifs is 6. The summed E-state index contributed by atoms with van der Waals surface area (Å²) in [6.07, 6.45) is 6.42. The lowest BCUT2D eigenvalue weighted by Gasteiger charge is -2.23. The Balaban J connectivity index is 1.15. The number of hydrogen-bond acceptors (Lipinski definition) is 3. The third kappa shape index (κ3) is 4.55. The molecule has 0 saturated carbocycles. The maximum atomic E-state index is 5.14. The normalized spacial score (nSPS) is 14.4. The van der Waals surface area contributed by atoms with Gasteiger partial charge >= 0.3 is 0 Å². The lowest BCUT2D eigenvalue weighted by molar-refractivity contribution is 0.687. The number of dihydropyridines is 1. The molecule has 0 fully saturated rings. The summed E-state index contributed by atoms with van der Waals surface area (Å²) in [5.74, 6) is 1.70. The molecule has 0 aliphatic carbocycles. The van der Waals surface area contributed by atoms with Gasteiger partial charge in [0.1, 0.15) is 11.9 Å². The quantitative estimate of drug-likeness (QED) is 0.203. The first-order valence-electron chi connectivity index (χ1n) is 17.0. The summed E-state index contributed by atoms with van der Waals surface area (Å²) in [6, 6.07) is 55.3. The number of para-hydroxylation sites is 3. The zero-order valence-electron chi connectivity index (χ0n) is 27.1. The van der Waals surface area contributed by atoms with Gasteiger partial charge in [-0.2, -0.15) is 0 Å². The Morgan fingerprint density at radius 2 is 0.960 bits per heavy atom. The second kappa shape index (κ2) is 11.5. The highest BCUT2D eigenvalue weighted by atomic mass is 15.2. The highest BCUT2D eigenvalue weighted by molar-refractivity contribution is 6.19. The van der Waals surface area contributed by atoms with Crippen molar-refractivity contribution in [3.8, 4) is 28.2 Å². The van der Waals surface area contributed by atoms with E-state index in [-0.39, 0.29) is 6.04 Å². The summed E-state index contributed by atoms with van der Waals surface area (Å²) < 4.78 is 4.74. The van der Waals surface area contributed by atoms with Gasteiger partial charge in [0.2, 0.25) is 0 Å². The molecule has 0 amide bonds. The summed E-state index contributed by atoms with van der Waals surface area (Å²) in [5, 5.41) is 8.69. The molecule has 50 heavy (non-hydrogen) atoms. The molecule has 1 N–H and O–H groups in total. The summed E-state index contributed by atoms with van der Waals surface area (Å²) in [5.41, 5.74) is 9.74. The number of nitrogens with zero attached hydrogens (tertiary/aromatic N) is 4. The summed E-state index contributed by atoms with van der Waals surface area (Å²) in [6.45, 7) is 0. The van der Waals surface area contributed by atoms with Gasteiger partial charge in [0.05, 0.1) is 33.5 Å². The number of benzene rings is 6. The molecule has 1 atom stereocenters. The Labute approximate surface area is 289 Å². The van der Waals surface area contributed by atoms with Crippen LogP contribution in [-0.4, -0.2) is 19.1 Å². The zero-order valence-corrected chi connectivity index (χ0v) is 27.1. The molecule has 0 bridgehead atoms. The minimum atomic E-state index is -0.235. The minimum Gasteiger partial charge on any atom is -0.358 e. The van der Waals surface area contributed by atoms with Crippen LogP contribution in [0.2, 0.25) is 0 Å². The third-order valence-electron chi connectivity index (χ3n) is 9.74. The molecule has 1 aliphatic rings. The molecule has 9 aromatic rings. The van der Waals surface area contributed by atoms with Crippen molar-refractivity contribution >= 4 is 49.4 Å². The van der Waals surface area contributed by atoms with Crippen LogP contribution in [0.5, 0.6) is 0 Å². The Morgan fingerprint density at radius 1 is 0.460 bits per heavy atom. The molecule has 10 rings (SSSR count). The maximum absolute atomic E-state index is 5.14. The van der Waals surface area contributed by atoms with Crippen LogP contribution in [0.1, 0.15) is 11.9 Å². The lowest BCUT2D eigenvalue weighted by atomic mass is 10.1. The van der Waals surface area contributed by atoms with Crippen molar-refractivity contribution in [2.75, 3.05) is 0 Å². The zero-order chi connectivity index (χ0) is 33.0. The molecule has 0 spiro atoms. The van der Waals surface area contributed by atoms with E-state index in [0.717, 1.165) is 50.9 Å². The van der Waals surface area contributed by atoms with E-state index in [4.69, 9.17) is 9.97 Å². The van der Waals surface area contributed by atoms with Crippen molar-refractivity contribution < 1.29 is 0 Å². The van der Waals surface area contributed by atoms with Crippen LogP contribution in [0.15, 0.2) is 176 Å². The Kier molecular flexibility index (Phi) is 6.49. The molecule has 0 radical (unpaired) electrons. The second-order valence-corrected chi connectivity index (χ2v) is 12.7. The van der Waals surface area contributed by atoms with Gasteiger partial charge in [-0.1, -0.05) is 127 Å². The number of aromatic nitrogens is 4. The number of nitrogens with one attached hydrogen (secondary N) is 1. The van der Waals surface area contributed by atoms with Gasteiger partial charge in [-0.05, 0) is 48.5 Å². The summed E-state index contributed by atoms with van der Waals surface area (Å²) in [4.78, 5) is 10.3. The standard InChI is InChI=1S/C45H31N5/c1-4-15-30(16-5-1)38-29-39(31-17-6-2-7-18-31)48-45(47-38)37-23-14-26-44(46-37)50-41-25-13-11-22-34(41)36-27-42-35(28-43(36)50)33-21-10-12-24-40(33)49(42)32-19-8-3-9-20-32/h1-29,37,46H. The van der Waals surface area contributed by atoms with Gasteiger partial charge in [0.15, 0.2) is 5.82 Å². The largest absolute Gasteiger partial charge is 0.358 e. The average Bonchev–Trinajstić information content (AvgIpc) is 3.70.